The van der Waals surface area contributed by atoms with Gasteiger partial charge in [0.2, 0.25) is 15.9 Å². The van der Waals surface area contributed by atoms with Crippen LogP contribution in [-0.4, -0.2) is 89.6 Å². The van der Waals surface area contributed by atoms with Crippen LogP contribution in [0.1, 0.15) is 71.1 Å². The third-order valence-electron chi connectivity index (χ3n) is 7.97. The lowest BCUT2D eigenvalue weighted by atomic mass is 9.82. The molecule has 1 heterocycles. The van der Waals surface area contributed by atoms with E-state index in [1.54, 1.807) is 28.0 Å². The second-order valence-corrected chi connectivity index (χ2v) is 12.4. The number of nitrogens with zero attached hydrogens (tertiary/aromatic N) is 2. The number of hydrogen-bond acceptors (Lipinski definition) is 6. The molecule has 0 atom stereocenters. The van der Waals surface area contributed by atoms with Crippen LogP contribution in [-0.2, 0) is 24.4 Å². The van der Waals surface area contributed by atoms with Gasteiger partial charge in [0.25, 0.3) is 0 Å². The predicted octanol–water partition coefficient (Wildman–Crippen LogP) is 2.40. The van der Waals surface area contributed by atoms with Crippen LogP contribution in [0.2, 0.25) is 0 Å². The minimum atomic E-state index is -3.79. The summed E-state index contributed by atoms with van der Waals surface area (Å²) in [5, 5.41) is 21.6. The molecular weight excluding hydrogens is 540 g/mol. The Morgan fingerprint density at radius 3 is 1.62 bits per heavy atom. The summed E-state index contributed by atoms with van der Waals surface area (Å²) in [5.41, 5.74) is -2.47. The van der Waals surface area contributed by atoms with E-state index >= 15 is 0 Å². The van der Waals surface area contributed by atoms with Gasteiger partial charge in [-0.05, 0) is 37.8 Å². The highest BCUT2D eigenvalue weighted by Gasteiger charge is 2.43. The summed E-state index contributed by atoms with van der Waals surface area (Å²) in [6, 6.07) is 7.53. The molecule has 3 aliphatic rings. The Morgan fingerprint density at radius 1 is 0.725 bits per heavy atom. The molecule has 1 aliphatic heterocycles. The first-order valence-corrected chi connectivity index (χ1v) is 15.3. The average molecular weight is 581 g/mol. The molecule has 0 aromatic heterocycles. The quantitative estimate of drug-likeness (QED) is 0.397. The van der Waals surface area contributed by atoms with E-state index in [0.717, 1.165) is 38.5 Å². The molecule has 4 N–H and O–H groups in total. The standard InChI is InChI=1S/C14H23N3O4.C13H17NO4S/c1-11(18)16-7-9-17(10-8-16)13(21)15-14(12(19)20)5-3-2-4-6-14;15-12(16)13(9-5-2-6-10-13)14-19(17,18)11-7-3-1-4-8-11/h2-10H2,1H3,(H,15,21)(H,19,20);1,3-4,7-8,14H,2,5-6,9-10H2,(H,15,16). The van der Waals surface area contributed by atoms with Crippen molar-refractivity contribution in [2.75, 3.05) is 26.2 Å². The van der Waals surface area contributed by atoms with Crippen LogP contribution in [0.5, 0.6) is 0 Å². The molecule has 13 heteroatoms. The lowest BCUT2D eigenvalue weighted by Gasteiger charge is -2.39. The highest BCUT2D eigenvalue weighted by atomic mass is 32.2. The van der Waals surface area contributed by atoms with Crippen molar-refractivity contribution in [3.05, 3.63) is 30.3 Å². The van der Waals surface area contributed by atoms with Crippen molar-refractivity contribution in [2.24, 2.45) is 0 Å². The molecule has 2 aliphatic carbocycles. The molecule has 0 spiro atoms. The first-order valence-electron chi connectivity index (χ1n) is 13.8. The summed E-state index contributed by atoms with van der Waals surface area (Å²) in [4.78, 5) is 50.0. The molecule has 1 aromatic carbocycles. The Labute approximate surface area is 235 Å². The largest absolute Gasteiger partial charge is 0.480 e. The number of nitrogens with one attached hydrogen (secondary N) is 2. The van der Waals surface area contributed by atoms with Gasteiger partial charge in [-0.2, -0.15) is 4.72 Å². The van der Waals surface area contributed by atoms with Gasteiger partial charge < -0.3 is 25.3 Å². The van der Waals surface area contributed by atoms with Gasteiger partial charge in [-0.15, -0.1) is 0 Å². The molecular formula is C27H40N4O8S. The molecule has 222 valence electrons. The van der Waals surface area contributed by atoms with E-state index in [1.165, 1.54) is 19.1 Å². The Bertz CT molecular complexity index is 1150. The number of aliphatic carboxylic acids is 2. The van der Waals surface area contributed by atoms with E-state index in [-0.39, 0.29) is 16.8 Å². The Balaban J connectivity index is 0.000000222. The van der Waals surface area contributed by atoms with Crippen molar-refractivity contribution < 1.29 is 37.8 Å². The number of rotatable bonds is 6. The van der Waals surface area contributed by atoms with Crippen molar-refractivity contribution in [3.63, 3.8) is 0 Å². The lowest BCUT2D eigenvalue weighted by Crippen LogP contribution is -2.61. The van der Waals surface area contributed by atoms with Crippen molar-refractivity contribution in [2.45, 2.75) is 87.1 Å². The zero-order valence-electron chi connectivity index (χ0n) is 22.9. The van der Waals surface area contributed by atoms with Crippen LogP contribution in [0, 0.1) is 0 Å². The highest BCUT2D eigenvalue weighted by molar-refractivity contribution is 7.89. The normalized spacial score (nSPS) is 20.4. The maximum Gasteiger partial charge on any atom is 0.329 e. The monoisotopic (exact) mass is 580 g/mol. The number of hydrogen-bond donors (Lipinski definition) is 4. The van der Waals surface area contributed by atoms with Gasteiger partial charge in [0.15, 0.2) is 0 Å². The number of benzene rings is 1. The predicted molar refractivity (Wildman–Crippen MR) is 146 cm³/mol. The second-order valence-electron chi connectivity index (χ2n) is 10.7. The number of carboxylic acids is 2. The topological polar surface area (TPSA) is 173 Å². The number of sulfonamides is 1. The Kier molecular flexibility index (Phi) is 10.5. The fourth-order valence-corrected chi connectivity index (χ4v) is 6.93. The first-order chi connectivity index (χ1) is 18.9. The number of carbonyl (C=O) groups excluding carboxylic acids is 2. The Hall–Kier alpha value is -3.19. The third-order valence-corrected chi connectivity index (χ3v) is 9.53. The maximum atomic E-state index is 12.3. The minimum Gasteiger partial charge on any atom is -0.480 e. The molecule has 1 aromatic rings. The van der Waals surface area contributed by atoms with E-state index in [9.17, 15) is 37.8 Å². The van der Waals surface area contributed by atoms with E-state index in [2.05, 4.69) is 10.0 Å². The van der Waals surface area contributed by atoms with Crippen LogP contribution < -0.4 is 10.0 Å². The molecule has 1 saturated heterocycles. The van der Waals surface area contributed by atoms with Crippen LogP contribution in [0.25, 0.3) is 0 Å². The fourth-order valence-electron chi connectivity index (χ4n) is 5.49. The number of urea groups is 1. The maximum absolute atomic E-state index is 12.3. The lowest BCUT2D eigenvalue weighted by molar-refractivity contribution is -0.146. The van der Waals surface area contributed by atoms with Crippen molar-refractivity contribution in [1.82, 2.24) is 19.8 Å². The summed E-state index contributed by atoms with van der Waals surface area (Å²) in [6.07, 6.45) is 6.72. The number of piperazine rings is 1. The summed E-state index contributed by atoms with van der Waals surface area (Å²) >= 11 is 0. The summed E-state index contributed by atoms with van der Waals surface area (Å²) in [6.45, 7) is 3.41. The van der Waals surface area contributed by atoms with Gasteiger partial charge in [0, 0.05) is 33.1 Å². The van der Waals surface area contributed by atoms with Crippen LogP contribution in [0.4, 0.5) is 4.79 Å². The van der Waals surface area contributed by atoms with E-state index < -0.39 is 33.0 Å². The van der Waals surface area contributed by atoms with Crippen molar-refractivity contribution in [1.29, 1.82) is 0 Å². The molecule has 2 saturated carbocycles. The summed E-state index contributed by atoms with van der Waals surface area (Å²) in [5.74, 6) is -2.03. The number of amides is 3. The number of carbonyl (C=O) groups is 4. The minimum absolute atomic E-state index is 0.00402. The molecule has 3 amide bonds. The molecule has 12 nitrogen and oxygen atoms in total. The van der Waals surface area contributed by atoms with Gasteiger partial charge in [-0.3, -0.25) is 9.59 Å². The van der Waals surface area contributed by atoms with Crippen molar-refractivity contribution in [3.8, 4) is 0 Å². The van der Waals surface area contributed by atoms with Gasteiger partial charge in [-0.25, -0.2) is 18.0 Å². The van der Waals surface area contributed by atoms with Gasteiger partial charge in [0.1, 0.15) is 11.1 Å². The second kappa shape index (κ2) is 13.4. The zero-order valence-corrected chi connectivity index (χ0v) is 23.7. The van der Waals surface area contributed by atoms with Gasteiger partial charge >= 0.3 is 18.0 Å². The van der Waals surface area contributed by atoms with E-state index in [0.29, 0.717) is 51.9 Å². The molecule has 0 bridgehead atoms. The zero-order chi connectivity index (χ0) is 29.4. The fraction of sp³-hybridized carbons (Fsp3) is 0.630. The Morgan fingerprint density at radius 2 is 1.18 bits per heavy atom. The first kappa shape index (κ1) is 31.3. The average Bonchev–Trinajstić information content (AvgIpc) is 2.94. The van der Waals surface area contributed by atoms with E-state index in [1.807, 2.05) is 0 Å². The molecule has 3 fully saturated rings. The highest BCUT2D eigenvalue weighted by Crippen LogP contribution is 2.30. The molecule has 40 heavy (non-hydrogen) atoms. The van der Waals surface area contributed by atoms with Crippen LogP contribution in [0.3, 0.4) is 0 Å². The van der Waals surface area contributed by atoms with Crippen molar-refractivity contribution >= 4 is 33.9 Å². The van der Waals surface area contributed by atoms with E-state index in [4.69, 9.17) is 0 Å². The molecule has 4 rings (SSSR count). The summed E-state index contributed by atoms with van der Waals surface area (Å²) in [7, 11) is -3.79. The van der Waals surface area contributed by atoms with Crippen LogP contribution in [0.15, 0.2) is 35.2 Å². The SMILES string of the molecule is CC(=O)N1CCN(C(=O)NC2(C(=O)O)CCCCC2)CC1.O=C(O)C1(NS(=O)(=O)c2ccccc2)CCCCC1. The number of carboxylic acid groups (broad SMARTS) is 2. The van der Waals surface area contributed by atoms with Crippen LogP contribution >= 0.6 is 0 Å². The third kappa shape index (κ3) is 7.72. The molecule has 0 radical (unpaired) electrons. The molecule has 0 unspecified atom stereocenters. The smallest absolute Gasteiger partial charge is 0.329 e. The van der Waals surface area contributed by atoms with Gasteiger partial charge in [0.05, 0.1) is 4.90 Å². The summed E-state index contributed by atoms with van der Waals surface area (Å²) < 4.78 is 26.9. The van der Waals surface area contributed by atoms with Gasteiger partial charge in [-0.1, -0.05) is 56.7 Å².